The Morgan fingerprint density at radius 2 is 1.54 bits per heavy atom. The summed E-state index contributed by atoms with van der Waals surface area (Å²) < 4.78 is 30.2. The molecule has 0 spiro atoms. The molecule has 3 rings (SSSR count). The molecule has 0 aliphatic heterocycles. The Morgan fingerprint density at radius 3 is 2.11 bits per heavy atom. The molecule has 0 aromatic heterocycles. The highest BCUT2D eigenvalue weighted by molar-refractivity contribution is 7.88. The van der Waals surface area contributed by atoms with E-state index >= 15 is 0 Å². The second-order valence-electron chi connectivity index (χ2n) is 8.55. The predicted molar refractivity (Wildman–Crippen MR) is 143 cm³/mol. The van der Waals surface area contributed by atoms with Gasteiger partial charge in [0.1, 0.15) is 11.8 Å². The molecule has 2 amide bonds. The number of sulfonamides is 1. The molecule has 8 nitrogen and oxygen atoms in total. The third-order valence-electron chi connectivity index (χ3n) is 5.81. The highest BCUT2D eigenvalue weighted by Crippen LogP contribution is 2.25. The van der Waals surface area contributed by atoms with Crippen LogP contribution in [0, 0.1) is 0 Å². The summed E-state index contributed by atoms with van der Waals surface area (Å²) in [4.78, 5) is 28.6. The fourth-order valence-electron chi connectivity index (χ4n) is 3.65. The van der Waals surface area contributed by atoms with Crippen LogP contribution in [0.2, 0.25) is 5.02 Å². The van der Waals surface area contributed by atoms with Crippen LogP contribution in [0.15, 0.2) is 78.9 Å². The summed E-state index contributed by atoms with van der Waals surface area (Å²) in [5.74, 6) is -0.261. The fourth-order valence-corrected chi connectivity index (χ4v) is 4.12. The van der Waals surface area contributed by atoms with Gasteiger partial charge in [-0.3, -0.25) is 9.59 Å². The van der Waals surface area contributed by atoms with E-state index in [1.54, 1.807) is 67.8 Å². The smallest absolute Gasteiger partial charge is 0.247 e. The molecule has 0 bridgehead atoms. The Labute approximate surface area is 222 Å². The van der Waals surface area contributed by atoms with Gasteiger partial charge in [-0.25, -0.2) is 8.42 Å². The molecule has 37 heavy (non-hydrogen) atoms. The number of methoxy groups -OCH3 is 1. The number of amides is 2. The summed E-state index contributed by atoms with van der Waals surface area (Å²) in [6, 6.07) is 22.1. The molecule has 1 N–H and O–H groups in total. The summed E-state index contributed by atoms with van der Waals surface area (Å²) >= 11 is 5.96. The molecule has 0 fully saturated rings. The molecule has 0 unspecified atom stereocenters. The van der Waals surface area contributed by atoms with E-state index < -0.39 is 34.4 Å². The Bertz CT molecular complexity index is 1300. The highest BCUT2D eigenvalue weighted by Gasteiger charge is 2.32. The number of hydrogen-bond acceptors (Lipinski definition) is 5. The average Bonchev–Trinajstić information content (AvgIpc) is 2.88. The normalized spacial score (nSPS) is 12.1. The van der Waals surface area contributed by atoms with Gasteiger partial charge in [-0.05, 0) is 41.0 Å². The quantitative estimate of drug-likeness (QED) is 0.398. The lowest BCUT2D eigenvalue weighted by Gasteiger charge is -2.32. The van der Waals surface area contributed by atoms with Crippen LogP contribution in [0.25, 0.3) is 0 Å². The number of benzene rings is 3. The van der Waals surface area contributed by atoms with Crippen LogP contribution < -0.4 is 10.1 Å². The van der Waals surface area contributed by atoms with Crippen LogP contribution in [-0.4, -0.2) is 56.4 Å². The molecule has 10 heteroatoms. The van der Waals surface area contributed by atoms with Gasteiger partial charge in [0, 0.05) is 25.2 Å². The number of hydrogen-bond donors (Lipinski definition) is 1. The second kappa shape index (κ2) is 12.7. The van der Waals surface area contributed by atoms with Crippen molar-refractivity contribution in [3.8, 4) is 5.75 Å². The van der Waals surface area contributed by atoms with Gasteiger partial charge in [0.05, 0.1) is 19.9 Å². The number of halogens is 1. The van der Waals surface area contributed by atoms with Gasteiger partial charge < -0.3 is 15.0 Å². The zero-order valence-corrected chi connectivity index (χ0v) is 22.5. The lowest BCUT2D eigenvalue weighted by Crippen LogP contribution is -2.47. The van der Waals surface area contributed by atoms with Gasteiger partial charge >= 0.3 is 0 Å². The molecule has 196 valence electrons. The first-order valence-electron chi connectivity index (χ1n) is 11.5. The molecule has 0 aliphatic carbocycles. The van der Waals surface area contributed by atoms with E-state index in [0.717, 1.165) is 21.7 Å². The van der Waals surface area contributed by atoms with Gasteiger partial charge in [-0.15, -0.1) is 0 Å². The summed E-state index contributed by atoms with van der Waals surface area (Å²) in [5, 5.41) is 3.50. The third-order valence-corrected chi connectivity index (χ3v) is 7.33. The van der Waals surface area contributed by atoms with Gasteiger partial charge in [0.25, 0.3) is 0 Å². The van der Waals surface area contributed by atoms with Gasteiger partial charge in [0.2, 0.25) is 21.8 Å². The largest absolute Gasteiger partial charge is 0.497 e. The van der Waals surface area contributed by atoms with Crippen molar-refractivity contribution in [3.05, 3.63) is 101 Å². The molecule has 0 saturated carbocycles. The second-order valence-corrected chi connectivity index (χ2v) is 11.1. The molecule has 0 radical (unpaired) electrons. The van der Waals surface area contributed by atoms with E-state index in [1.165, 1.54) is 11.9 Å². The molecule has 0 aliphatic rings. The van der Waals surface area contributed by atoms with Crippen LogP contribution in [0.5, 0.6) is 5.75 Å². The van der Waals surface area contributed by atoms with Crippen LogP contribution >= 0.6 is 11.6 Å². The van der Waals surface area contributed by atoms with Crippen molar-refractivity contribution in [3.63, 3.8) is 0 Å². The van der Waals surface area contributed by atoms with Crippen LogP contribution in [0.3, 0.4) is 0 Å². The first-order chi connectivity index (χ1) is 17.6. The number of likely N-dealkylation sites (N-methyl/N-ethyl adjacent to an activating group) is 1. The Morgan fingerprint density at radius 1 is 0.946 bits per heavy atom. The van der Waals surface area contributed by atoms with Crippen LogP contribution in [0.1, 0.15) is 22.7 Å². The van der Waals surface area contributed by atoms with Gasteiger partial charge in [-0.2, -0.15) is 4.31 Å². The average molecular weight is 544 g/mol. The van der Waals surface area contributed by atoms with Crippen LogP contribution in [0.4, 0.5) is 0 Å². The monoisotopic (exact) mass is 543 g/mol. The first-order valence-corrected chi connectivity index (χ1v) is 13.7. The number of nitrogens with zero attached hydrogens (tertiary/aromatic N) is 2. The molecule has 3 aromatic carbocycles. The molecular formula is C27H30ClN3O5S. The minimum Gasteiger partial charge on any atom is -0.497 e. The predicted octanol–water partition coefficient (Wildman–Crippen LogP) is 3.63. The van der Waals surface area contributed by atoms with E-state index in [1.807, 2.05) is 18.2 Å². The maximum atomic E-state index is 13.6. The minimum absolute atomic E-state index is 0.0777. The Kier molecular flexibility index (Phi) is 9.68. The van der Waals surface area contributed by atoms with Crippen molar-refractivity contribution in [1.82, 2.24) is 14.5 Å². The van der Waals surface area contributed by atoms with Crippen molar-refractivity contribution in [2.45, 2.75) is 19.1 Å². The summed E-state index contributed by atoms with van der Waals surface area (Å²) in [5.41, 5.74) is 2.19. The van der Waals surface area contributed by atoms with E-state index in [-0.39, 0.29) is 13.1 Å². The van der Waals surface area contributed by atoms with E-state index in [0.29, 0.717) is 16.3 Å². The number of nitrogens with one attached hydrogen (secondary N) is 1. The third kappa shape index (κ3) is 8.04. The standard InChI is InChI=1S/C27H30ClN3O5S/c1-30(37(3,34)35)19-25(32)31(18-21-11-15-24(36-2)16-12-21)26(22-7-5-4-6-8-22)27(33)29-17-20-9-13-23(28)14-10-20/h4-16,26H,17-19H2,1-3H3,(H,29,33)/t26-/m0/s1. The molecule has 0 heterocycles. The first kappa shape index (κ1) is 28.2. The van der Waals surface area contributed by atoms with E-state index in [9.17, 15) is 18.0 Å². The summed E-state index contributed by atoms with van der Waals surface area (Å²) in [6.07, 6.45) is 1.03. The van der Waals surface area contributed by atoms with Gasteiger partial charge in [-0.1, -0.05) is 66.2 Å². The molecule has 0 saturated heterocycles. The zero-order valence-electron chi connectivity index (χ0n) is 20.9. The molecule has 1 atom stereocenters. The van der Waals surface area contributed by atoms with Crippen molar-refractivity contribution in [2.75, 3.05) is 27.0 Å². The van der Waals surface area contributed by atoms with Crippen LogP contribution in [-0.2, 0) is 32.7 Å². The lowest BCUT2D eigenvalue weighted by molar-refractivity contribution is -0.141. The molecule has 3 aromatic rings. The zero-order chi connectivity index (χ0) is 27.0. The maximum absolute atomic E-state index is 13.6. The Hall–Kier alpha value is -3.40. The SMILES string of the molecule is COc1ccc(CN(C(=O)CN(C)S(C)(=O)=O)[C@H](C(=O)NCc2ccc(Cl)cc2)c2ccccc2)cc1. The van der Waals surface area contributed by atoms with Crippen molar-refractivity contribution in [1.29, 1.82) is 0 Å². The topological polar surface area (TPSA) is 96.0 Å². The van der Waals surface area contributed by atoms with Crippen molar-refractivity contribution < 1.29 is 22.7 Å². The van der Waals surface area contributed by atoms with Crippen molar-refractivity contribution in [2.24, 2.45) is 0 Å². The van der Waals surface area contributed by atoms with E-state index in [2.05, 4.69) is 5.32 Å². The molecular weight excluding hydrogens is 514 g/mol. The lowest BCUT2D eigenvalue weighted by atomic mass is 10.0. The number of carbonyl (C=O) groups is 2. The van der Waals surface area contributed by atoms with Crippen molar-refractivity contribution >= 4 is 33.4 Å². The van der Waals surface area contributed by atoms with Gasteiger partial charge in [0.15, 0.2) is 0 Å². The number of rotatable bonds is 11. The maximum Gasteiger partial charge on any atom is 0.247 e. The minimum atomic E-state index is -3.62. The highest BCUT2D eigenvalue weighted by atomic mass is 35.5. The van der Waals surface area contributed by atoms with E-state index in [4.69, 9.17) is 16.3 Å². The number of ether oxygens (including phenoxy) is 1. The fraction of sp³-hybridized carbons (Fsp3) is 0.259. The number of carbonyl (C=O) groups excluding carboxylic acids is 2. The summed E-state index contributed by atoms with van der Waals surface area (Å²) in [6.45, 7) is -0.107. The summed E-state index contributed by atoms with van der Waals surface area (Å²) in [7, 11) is -0.728. The Balaban J connectivity index is 1.97.